The van der Waals surface area contributed by atoms with Crippen LogP contribution in [0.3, 0.4) is 0 Å². The summed E-state index contributed by atoms with van der Waals surface area (Å²) in [5, 5.41) is 7.78. The first-order valence-corrected chi connectivity index (χ1v) is 10.7. The number of oxazole rings is 1. The van der Waals surface area contributed by atoms with Gasteiger partial charge in [0.15, 0.2) is 0 Å². The average Bonchev–Trinajstić information content (AvgIpc) is 3.52. The molecule has 0 aliphatic heterocycles. The number of aryl methyl sites for hydroxylation is 2. The molecule has 0 radical (unpaired) electrons. The zero-order valence-electron chi connectivity index (χ0n) is 18.4. The van der Waals surface area contributed by atoms with Crippen LogP contribution in [0.15, 0.2) is 65.5 Å². The first kappa shape index (κ1) is 22.3. The fourth-order valence-electron chi connectivity index (χ4n) is 3.26. The van der Waals surface area contributed by atoms with E-state index in [1.165, 1.54) is 25.0 Å². The second kappa shape index (κ2) is 11.1. The van der Waals surface area contributed by atoms with Gasteiger partial charge in [-0.2, -0.15) is 0 Å². The minimum absolute atomic E-state index is 0.283. The van der Waals surface area contributed by atoms with Crippen LogP contribution >= 0.6 is 0 Å². The maximum atomic E-state index is 14.0. The molecule has 0 spiro atoms. The zero-order chi connectivity index (χ0) is 22.9. The number of hydrogen-bond donors (Lipinski definition) is 0. The van der Waals surface area contributed by atoms with Crippen LogP contribution in [0.2, 0.25) is 0 Å². The van der Waals surface area contributed by atoms with Crippen molar-refractivity contribution >= 4 is 12.2 Å². The second-order valence-corrected chi connectivity index (χ2v) is 7.45. The van der Waals surface area contributed by atoms with E-state index in [0.29, 0.717) is 22.9 Å². The van der Waals surface area contributed by atoms with Crippen molar-refractivity contribution in [2.24, 2.45) is 0 Å². The van der Waals surface area contributed by atoms with E-state index in [1.54, 1.807) is 30.5 Å². The molecule has 0 saturated heterocycles. The lowest BCUT2D eigenvalue weighted by Gasteiger charge is -2.06. The monoisotopic (exact) mass is 448 g/mol. The van der Waals surface area contributed by atoms with Crippen LogP contribution in [-0.4, -0.2) is 27.1 Å². The third-order valence-electron chi connectivity index (χ3n) is 5.07. The molecule has 170 valence electrons. The summed E-state index contributed by atoms with van der Waals surface area (Å²) >= 11 is 0. The van der Waals surface area contributed by atoms with Crippen molar-refractivity contribution in [3.63, 3.8) is 0 Å². The average molecular weight is 448 g/mol. The van der Waals surface area contributed by atoms with Crippen molar-refractivity contribution in [2.45, 2.75) is 32.4 Å². The third-order valence-corrected chi connectivity index (χ3v) is 5.07. The lowest BCUT2D eigenvalue weighted by atomic mass is 10.1. The van der Waals surface area contributed by atoms with Gasteiger partial charge >= 0.3 is 0 Å². The Morgan fingerprint density at radius 1 is 1.06 bits per heavy atom. The topological polar surface area (TPSA) is 75.2 Å². The molecule has 2 heterocycles. The van der Waals surface area contributed by atoms with Crippen LogP contribution in [0.1, 0.15) is 35.6 Å². The highest BCUT2D eigenvalue weighted by atomic mass is 19.1. The predicted octanol–water partition coefficient (Wildman–Crippen LogP) is 5.19. The number of unbranched alkanes of at least 4 members (excludes halogenated alkanes) is 1. The Morgan fingerprint density at radius 3 is 2.67 bits per heavy atom. The van der Waals surface area contributed by atoms with E-state index in [-0.39, 0.29) is 12.4 Å². The summed E-state index contributed by atoms with van der Waals surface area (Å²) in [5.41, 5.74) is 2.34. The Bertz CT molecular complexity index is 1170. The molecule has 0 fully saturated rings. The summed E-state index contributed by atoms with van der Waals surface area (Å²) in [4.78, 5) is 4.36. The molecule has 0 aliphatic rings. The molecule has 33 heavy (non-hydrogen) atoms. The summed E-state index contributed by atoms with van der Waals surface area (Å²) in [5.74, 6) is 1.24. The Labute approximate surface area is 191 Å². The molecule has 2 aromatic heterocycles. The van der Waals surface area contributed by atoms with E-state index in [2.05, 4.69) is 27.4 Å². The van der Waals surface area contributed by atoms with Gasteiger partial charge in [0.05, 0.1) is 13.3 Å². The minimum Gasteiger partial charge on any atom is -0.497 e. The number of rotatable bonds is 11. The zero-order valence-corrected chi connectivity index (χ0v) is 18.4. The van der Waals surface area contributed by atoms with Gasteiger partial charge in [-0.15, -0.1) is 5.10 Å². The van der Waals surface area contributed by atoms with E-state index in [9.17, 15) is 4.39 Å². The van der Waals surface area contributed by atoms with Crippen LogP contribution in [0, 0.1) is 5.82 Å². The van der Waals surface area contributed by atoms with Gasteiger partial charge in [0.2, 0.25) is 5.89 Å². The van der Waals surface area contributed by atoms with E-state index >= 15 is 0 Å². The number of nitrogens with zero attached hydrogens (tertiary/aromatic N) is 4. The lowest BCUT2D eigenvalue weighted by molar-refractivity contribution is 0.301. The highest BCUT2D eigenvalue weighted by Crippen LogP contribution is 2.19. The molecule has 0 amide bonds. The van der Waals surface area contributed by atoms with Gasteiger partial charge in [-0.05, 0) is 55.2 Å². The van der Waals surface area contributed by atoms with Crippen molar-refractivity contribution in [1.82, 2.24) is 20.0 Å². The van der Waals surface area contributed by atoms with E-state index in [0.717, 1.165) is 31.6 Å². The Morgan fingerprint density at radius 2 is 1.91 bits per heavy atom. The summed E-state index contributed by atoms with van der Waals surface area (Å²) in [7, 11) is 1.50. The number of methoxy groups -OCH3 is 1. The minimum atomic E-state index is -0.376. The summed E-state index contributed by atoms with van der Waals surface area (Å²) in [6.07, 6.45) is 11.5. The molecule has 4 rings (SSSR count). The summed E-state index contributed by atoms with van der Waals surface area (Å²) < 4.78 is 32.1. The SMILES string of the molecule is COc1ccc(C=Cc2nc(COc3ccc(CCCCn4ccnn4)cc3)co2)c(F)c1. The quantitative estimate of drug-likeness (QED) is 0.294. The van der Waals surface area contributed by atoms with Gasteiger partial charge in [0.25, 0.3) is 0 Å². The van der Waals surface area contributed by atoms with Crippen LogP contribution < -0.4 is 9.47 Å². The molecular formula is C25H25FN4O3. The van der Waals surface area contributed by atoms with Crippen molar-refractivity contribution in [1.29, 1.82) is 0 Å². The van der Waals surface area contributed by atoms with Crippen LogP contribution in [-0.2, 0) is 19.6 Å². The number of halogens is 1. The molecular weight excluding hydrogens is 423 g/mol. The molecule has 0 unspecified atom stereocenters. The fraction of sp³-hybridized carbons (Fsp3) is 0.240. The van der Waals surface area contributed by atoms with Crippen LogP contribution in [0.4, 0.5) is 4.39 Å². The molecule has 0 saturated carbocycles. The van der Waals surface area contributed by atoms with Crippen LogP contribution in [0.25, 0.3) is 12.2 Å². The standard InChI is InChI=1S/C25H25FN4O3/c1-31-23-11-7-20(24(26)16-23)8-12-25-28-21(18-33-25)17-32-22-9-5-19(6-10-22)4-2-3-14-30-15-13-27-29-30/h5-13,15-16,18H,2-4,14,17H2,1H3. The predicted molar refractivity (Wildman–Crippen MR) is 122 cm³/mol. The normalized spacial score (nSPS) is 11.2. The molecule has 2 aromatic carbocycles. The van der Waals surface area contributed by atoms with Crippen molar-refractivity contribution in [2.75, 3.05) is 7.11 Å². The summed E-state index contributed by atoms with van der Waals surface area (Å²) in [6.45, 7) is 1.16. The van der Waals surface area contributed by atoms with Crippen molar-refractivity contribution in [3.8, 4) is 11.5 Å². The third kappa shape index (κ3) is 6.52. The highest BCUT2D eigenvalue weighted by Gasteiger charge is 2.05. The first-order valence-electron chi connectivity index (χ1n) is 10.7. The van der Waals surface area contributed by atoms with Gasteiger partial charge in [0, 0.05) is 30.4 Å². The number of hydrogen-bond acceptors (Lipinski definition) is 6. The Hall–Kier alpha value is -3.94. The molecule has 0 N–H and O–H groups in total. The van der Waals surface area contributed by atoms with Gasteiger partial charge in [-0.25, -0.2) is 9.37 Å². The molecule has 0 aliphatic carbocycles. The van der Waals surface area contributed by atoms with Crippen LogP contribution in [0.5, 0.6) is 11.5 Å². The molecule has 8 heteroatoms. The number of benzene rings is 2. The Kier molecular flexibility index (Phi) is 7.48. The fourth-order valence-corrected chi connectivity index (χ4v) is 3.26. The summed E-state index contributed by atoms with van der Waals surface area (Å²) in [6, 6.07) is 12.7. The van der Waals surface area contributed by atoms with Gasteiger partial charge in [-0.3, -0.25) is 4.68 Å². The van der Waals surface area contributed by atoms with Gasteiger partial charge < -0.3 is 13.9 Å². The van der Waals surface area contributed by atoms with E-state index in [4.69, 9.17) is 13.9 Å². The smallest absolute Gasteiger partial charge is 0.218 e. The lowest BCUT2D eigenvalue weighted by Crippen LogP contribution is -1.99. The first-order chi connectivity index (χ1) is 16.2. The molecule has 0 atom stereocenters. The Balaban J connectivity index is 1.22. The molecule has 4 aromatic rings. The van der Waals surface area contributed by atoms with Crippen molar-refractivity contribution < 1.29 is 18.3 Å². The number of aromatic nitrogens is 4. The van der Waals surface area contributed by atoms with Gasteiger partial charge in [-0.1, -0.05) is 17.3 Å². The molecule has 7 nitrogen and oxygen atoms in total. The van der Waals surface area contributed by atoms with E-state index in [1.807, 2.05) is 23.0 Å². The molecule has 0 bridgehead atoms. The maximum absolute atomic E-state index is 14.0. The van der Waals surface area contributed by atoms with Crippen molar-refractivity contribution in [3.05, 3.63) is 89.7 Å². The maximum Gasteiger partial charge on any atom is 0.218 e. The number of ether oxygens (including phenoxy) is 2. The van der Waals surface area contributed by atoms with Gasteiger partial charge in [0.1, 0.15) is 35.9 Å². The van der Waals surface area contributed by atoms with E-state index < -0.39 is 0 Å². The highest BCUT2D eigenvalue weighted by molar-refractivity contribution is 5.66. The second-order valence-electron chi connectivity index (χ2n) is 7.45. The largest absolute Gasteiger partial charge is 0.497 e.